The molecular formula is C13H17N3O3S. The van der Waals surface area contributed by atoms with Crippen LogP contribution in [0.1, 0.15) is 12.0 Å². The minimum absolute atomic E-state index is 0.173. The van der Waals surface area contributed by atoms with Crippen LogP contribution in [-0.2, 0) is 14.3 Å². The van der Waals surface area contributed by atoms with Crippen molar-refractivity contribution >= 4 is 29.0 Å². The van der Waals surface area contributed by atoms with Gasteiger partial charge in [-0.15, -0.1) is 0 Å². The second-order valence-corrected chi connectivity index (χ2v) is 4.93. The van der Waals surface area contributed by atoms with Crippen LogP contribution in [-0.4, -0.2) is 48.9 Å². The van der Waals surface area contributed by atoms with Crippen molar-refractivity contribution in [3.63, 3.8) is 0 Å². The van der Waals surface area contributed by atoms with Gasteiger partial charge >= 0.3 is 5.97 Å². The van der Waals surface area contributed by atoms with Crippen molar-refractivity contribution < 1.29 is 14.3 Å². The lowest BCUT2D eigenvalue weighted by Crippen LogP contribution is -2.43. The van der Waals surface area contributed by atoms with Gasteiger partial charge in [-0.05, 0) is 12.1 Å². The van der Waals surface area contributed by atoms with Gasteiger partial charge in [0, 0.05) is 24.8 Å². The van der Waals surface area contributed by atoms with E-state index in [1.807, 2.05) is 12.1 Å². The molecule has 20 heavy (non-hydrogen) atoms. The highest BCUT2D eigenvalue weighted by atomic mass is 32.1. The average Bonchev–Trinajstić information content (AvgIpc) is 2.47. The summed E-state index contributed by atoms with van der Waals surface area (Å²) in [5.41, 5.74) is 6.28. The summed E-state index contributed by atoms with van der Waals surface area (Å²) in [5, 5.41) is 0. The minimum Gasteiger partial charge on any atom is -0.469 e. The smallest absolute Gasteiger partial charge is 0.308 e. The zero-order chi connectivity index (χ0) is 14.5. The third kappa shape index (κ3) is 3.64. The summed E-state index contributed by atoms with van der Waals surface area (Å²) in [6.45, 7) is 1.89. The summed E-state index contributed by atoms with van der Waals surface area (Å²) >= 11 is 4.89. The van der Waals surface area contributed by atoms with Crippen LogP contribution < -0.4 is 10.6 Å². The topological polar surface area (TPSA) is 77.7 Å². The van der Waals surface area contributed by atoms with Gasteiger partial charge in [-0.3, -0.25) is 4.79 Å². The van der Waals surface area contributed by atoms with Crippen LogP contribution >= 0.6 is 12.2 Å². The molecule has 1 aromatic heterocycles. The predicted octanol–water partition coefficient (Wildman–Crippen LogP) is 0.484. The summed E-state index contributed by atoms with van der Waals surface area (Å²) in [6.07, 6.45) is 1.73. The molecule has 7 heteroatoms. The number of ether oxygens (including phenoxy) is 2. The number of morpholine rings is 1. The molecule has 0 radical (unpaired) electrons. The third-order valence-electron chi connectivity index (χ3n) is 3.12. The van der Waals surface area contributed by atoms with E-state index in [-0.39, 0.29) is 18.5 Å². The van der Waals surface area contributed by atoms with Crippen LogP contribution in [0.2, 0.25) is 0 Å². The number of hydrogen-bond donors (Lipinski definition) is 1. The predicted molar refractivity (Wildman–Crippen MR) is 78.7 cm³/mol. The summed E-state index contributed by atoms with van der Waals surface area (Å²) in [5.74, 6) is 0.553. The molecule has 1 saturated heterocycles. The molecule has 2 N–H and O–H groups in total. The zero-order valence-electron chi connectivity index (χ0n) is 11.2. The Morgan fingerprint density at radius 1 is 1.65 bits per heavy atom. The van der Waals surface area contributed by atoms with Crippen LogP contribution in [0.3, 0.4) is 0 Å². The van der Waals surface area contributed by atoms with Crippen LogP contribution in [0.4, 0.5) is 5.82 Å². The van der Waals surface area contributed by atoms with E-state index in [0.717, 1.165) is 17.9 Å². The van der Waals surface area contributed by atoms with Crippen LogP contribution in [0.15, 0.2) is 18.3 Å². The summed E-state index contributed by atoms with van der Waals surface area (Å²) in [7, 11) is 1.37. The van der Waals surface area contributed by atoms with Crippen molar-refractivity contribution in [3.05, 3.63) is 23.9 Å². The van der Waals surface area contributed by atoms with E-state index in [2.05, 4.69) is 14.6 Å². The molecule has 1 unspecified atom stereocenters. The van der Waals surface area contributed by atoms with Crippen molar-refractivity contribution in [2.24, 2.45) is 5.73 Å². The molecule has 6 nitrogen and oxygen atoms in total. The van der Waals surface area contributed by atoms with E-state index < -0.39 is 0 Å². The van der Waals surface area contributed by atoms with Gasteiger partial charge in [0.15, 0.2) is 0 Å². The molecule has 0 bridgehead atoms. The number of aromatic nitrogens is 1. The monoisotopic (exact) mass is 295 g/mol. The SMILES string of the molecule is COC(=O)CC1CN(c2ccc(C(N)=S)cn2)CCO1. The first-order valence-corrected chi connectivity index (χ1v) is 6.70. The lowest BCUT2D eigenvalue weighted by atomic mass is 10.2. The molecular weight excluding hydrogens is 278 g/mol. The quantitative estimate of drug-likeness (QED) is 0.639. The fourth-order valence-electron chi connectivity index (χ4n) is 2.04. The highest BCUT2D eigenvalue weighted by Crippen LogP contribution is 2.17. The van der Waals surface area contributed by atoms with E-state index in [4.69, 9.17) is 22.7 Å². The number of carbonyl (C=O) groups is 1. The number of pyridine rings is 1. The average molecular weight is 295 g/mol. The van der Waals surface area contributed by atoms with E-state index >= 15 is 0 Å². The maximum Gasteiger partial charge on any atom is 0.308 e. The van der Waals surface area contributed by atoms with E-state index in [0.29, 0.717) is 18.1 Å². The number of nitrogens with two attached hydrogens (primary N) is 1. The van der Waals surface area contributed by atoms with Gasteiger partial charge in [-0.1, -0.05) is 12.2 Å². The molecule has 0 aromatic carbocycles. The van der Waals surface area contributed by atoms with Crippen molar-refractivity contribution in [2.45, 2.75) is 12.5 Å². The van der Waals surface area contributed by atoms with E-state index in [9.17, 15) is 4.79 Å². The van der Waals surface area contributed by atoms with Crippen LogP contribution in [0.25, 0.3) is 0 Å². The number of rotatable bonds is 4. The molecule has 2 rings (SSSR count). The third-order valence-corrected chi connectivity index (χ3v) is 3.35. The number of carbonyl (C=O) groups excluding carboxylic acids is 1. The first-order chi connectivity index (χ1) is 9.60. The number of methoxy groups -OCH3 is 1. The molecule has 2 heterocycles. The Morgan fingerprint density at radius 2 is 2.45 bits per heavy atom. The molecule has 0 aliphatic carbocycles. The maximum atomic E-state index is 11.3. The molecule has 0 saturated carbocycles. The molecule has 1 aliphatic heterocycles. The van der Waals surface area contributed by atoms with Gasteiger partial charge in [-0.25, -0.2) is 4.98 Å². The Morgan fingerprint density at radius 3 is 3.05 bits per heavy atom. The lowest BCUT2D eigenvalue weighted by molar-refractivity contribution is -0.144. The Kier molecular flexibility index (Phi) is 4.86. The fraction of sp³-hybridized carbons (Fsp3) is 0.462. The van der Waals surface area contributed by atoms with Crippen molar-refractivity contribution in [1.29, 1.82) is 0 Å². The zero-order valence-corrected chi connectivity index (χ0v) is 12.1. The summed E-state index contributed by atoms with van der Waals surface area (Å²) in [6, 6.07) is 3.71. The largest absolute Gasteiger partial charge is 0.469 e. The minimum atomic E-state index is -0.270. The van der Waals surface area contributed by atoms with Gasteiger partial charge in [-0.2, -0.15) is 0 Å². The molecule has 1 atom stereocenters. The molecule has 1 aliphatic rings. The normalized spacial score (nSPS) is 18.6. The second-order valence-electron chi connectivity index (χ2n) is 4.49. The summed E-state index contributed by atoms with van der Waals surface area (Å²) in [4.78, 5) is 18.0. The number of esters is 1. The maximum absolute atomic E-state index is 11.3. The number of nitrogens with zero attached hydrogens (tertiary/aromatic N) is 2. The van der Waals surface area contributed by atoms with Crippen molar-refractivity contribution in [3.8, 4) is 0 Å². The number of anilines is 1. The molecule has 0 spiro atoms. The Labute approximate surface area is 122 Å². The van der Waals surface area contributed by atoms with Crippen molar-refractivity contribution in [1.82, 2.24) is 4.98 Å². The fourth-order valence-corrected chi connectivity index (χ4v) is 2.16. The number of thiocarbonyl (C=S) groups is 1. The van der Waals surface area contributed by atoms with Crippen LogP contribution in [0.5, 0.6) is 0 Å². The van der Waals surface area contributed by atoms with E-state index in [1.54, 1.807) is 6.20 Å². The second kappa shape index (κ2) is 6.62. The molecule has 0 amide bonds. The first kappa shape index (κ1) is 14.7. The molecule has 1 fully saturated rings. The standard InChI is InChI=1S/C13H17N3O3S/c1-18-12(17)6-10-8-16(4-5-19-10)11-3-2-9(7-15-11)13(14)20/h2-3,7,10H,4-6,8H2,1H3,(H2,14,20). The lowest BCUT2D eigenvalue weighted by Gasteiger charge is -2.33. The first-order valence-electron chi connectivity index (χ1n) is 6.29. The van der Waals surface area contributed by atoms with Crippen molar-refractivity contribution in [2.75, 3.05) is 31.7 Å². The Hall–Kier alpha value is -1.73. The van der Waals surface area contributed by atoms with Gasteiger partial charge in [0.05, 0.1) is 26.2 Å². The van der Waals surface area contributed by atoms with E-state index in [1.165, 1.54) is 7.11 Å². The highest BCUT2D eigenvalue weighted by Gasteiger charge is 2.24. The summed E-state index contributed by atoms with van der Waals surface area (Å²) < 4.78 is 10.2. The van der Waals surface area contributed by atoms with Gasteiger partial charge in [0.1, 0.15) is 10.8 Å². The van der Waals surface area contributed by atoms with Gasteiger partial charge < -0.3 is 20.1 Å². The molecule has 108 valence electrons. The van der Waals surface area contributed by atoms with Gasteiger partial charge in [0.2, 0.25) is 0 Å². The highest BCUT2D eigenvalue weighted by molar-refractivity contribution is 7.80. The van der Waals surface area contributed by atoms with Gasteiger partial charge in [0.25, 0.3) is 0 Å². The number of hydrogen-bond acceptors (Lipinski definition) is 6. The van der Waals surface area contributed by atoms with Crippen LogP contribution in [0, 0.1) is 0 Å². The Bertz CT molecular complexity index is 492. The Balaban J connectivity index is 2.01. The molecule has 1 aromatic rings.